The molecule has 0 fully saturated rings. The molecule has 1 aromatic carbocycles. The smallest absolute Gasteiger partial charge is 0.231 e. The molecule has 1 aromatic rings. The van der Waals surface area contributed by atoms with Crippen LogP contribution < -0.4 is 16.2 Å². The average molecular weight is 205 g/mol. The number of nitrogens with zero attached hydrogens (tertiary/aromatic N) is 1. The van der Waals surface area contributed by atoms with Crippen LogP contribution in [0.25, 0.3) is 0 Å². The quantitative estimate of drug-likeness (QED) is 0.564. The fourth-order valence-electron chi connectivity index (χ4n) is 2.06. The van der Waals surface area contributed by atoms with Crippen LogP contribution in [0.3, 0.4) is 0 Å². The number of carbonyl (C=O) groups is 1. The Bertz CT molecular complexity index is 401. The van der Waals surface area contributed by atoms with Crippen molar-refractivity contribution in [3.8, 4) is 0 Å². The fourth-order valence-corrected chi connectivity index (χ4v) is 2.06. The van der Waals surface area contributed by atoms with Crippen LogP contribution in [0.1, 0.15) is 19.4 Å². The monoisotopic (exact) mass is 205 g/mol. The van der Waals surface area contributed by atoms with Gasteiger partial charge in [-0.1, -0.05) is 6.07 Å². The first-order valence-corrected chi connectivity index (χ1v) is 5.05. The van der Waals surface area contributed by atoms with Crippen molar-refractivity contribution in [1.29, 1.82) is 0 Å². The molecule has 1 aliphatic rings. The first kappa shape index (κ1) is 9.98. The Morgan fingerprint density at radius 1 is 1.47 bits per heavy atom. The number of nitrogens with one attached hydrogen (secondary N) is 1. The topological polar surface area (TPSA) is 58.4 Å². The number of hydrogen-bond donors (Lipinski definition) is 2. The van der Waals surface area contributed by atoms with Gasteiger partial charge in [-0.3, -0.25) is 10.6 Å². The lowest BCUT2D eigenvalue weighted by Crippen LogP contribution is -2.33. The van der Waals surface area contributed by atoms with Gasteiger partial charge in [0.1, 0.15) is 0 Å². The Kier molecular flexibility index (Phi) is 2.36. The zero-order chi connectivity index (χ0) is 11.0. The zero-order valence-corrected chi connectivity index (χ0v) is 8.95. The second-order valence-corrected chi connectivity index (χ2v) is 3.98. The number of anilines is 2. The van der Waals surface area contributed by atoms with Gasteiger partial charge in [0.2, 0.25) is 5.91 Å². The van der Waals surface area contributed by atoms with Gasteiger partial charge in [0, 0.05) is 17.3 Å². The fraction of sp³-hybridized carbons (Fsp3) is 0.364. The van der Waals surface area contributed by atoms with Gasteiger partial charge in [-0.15, -0.1) is 0 Å². The summed E-state index contributed by atoms with van der Waals surface area (Å²) in [4.78, 5) is 13.6. The summed E-state index contributed by atoms with van der Waals surface area (Å²) < 4.78 is 0. The molecule has 3 N–H and O–H groups in total. The summed E-state index contributed by atoms with van der Waals surface area (Å²) in [7, 11) is 0. The van der Waals surface area contributed by atoms with Gasteiger partial charge < -0.3 is 10.3 Å². The van der Waals surface area contributed by atoms with Crippen LogP contribution in [0.4, 0.5) is 11.4 Å². The van der Waals surface area contributed by atoms with E-state index < -0.39 is 0 Å². The number of hydrazine groups is 1. The molecule has 2 rings (SSSR count). The lowest BCUT2D eigenvalue weighted by molar-refractivity contribution is -0.117. The third kappa shape index (κ3) is 1.47. The highest BCUT2D eigenvalue weighted by molar-refractivity contribution is 6.03. The number of benzene rings is 1. The van der Waals surface area contributed by atoms with Crippen molar-refractivity contribution in [2.75, 3.05) is 10.3 Å². The maximum Gasteiger partial charge on any atom is 0.231 e. The molecule has 0 unspecified atom stereocenters. The Balaban J connectivity index is 2.51. The van der Waals surface area contributed by atoms with Crippen LogP contribution in [0.15, 0.2) is 18.2 Å². The number of hydrogen-bond acceptors (Lipinski definition) is 3. The van der Waals surface area contributed by atoms with Crippen molar-refractivity contribution in [2.45, 2.75) is 26.3 Å². The normalized spacial score (nSPS) is 14.7. The molecule has 1 aliphatic heterocycles. The summed E-state index contributed by atoms with van der Waals surface area (Å²) in [6.07, 6.45) is 0.438. The molecule has 1 amide bonds. The molecule has 15 heavy (non-hydrogen) atoms. The largest absolute Gasteiger partial charge is 0.324 e. The molecule has 0 saturated heterocycles. The molecule has 4 nitrogen and oxygen atoms in total. The van der Waals surface area contributed by atoms with E-state index >= 15 is 0 Å². The highest BCUT2D eigenvalue weighted by atomic mass is 16.2. The minimum Gasteiger partial charge on any atom is -0.324 e. The number of amides is 1. The molecule has 4 heteroatoms. The predicted octanol–water partition coefficient (Wildman–Crippen LogP) is 1.27. The van der Waals surface area contributed by atoms with E-state index in [2.05, 4.69) is 5.43 Å². The molecule has 0 saturated carbocycles. The molecule has 0 aromatic heterocycles. The standard InChI is InChI=1S/C11H15N3O/c1-7(2)14-10-5-3-4-9(13-12)8(10)6-11(14)15/h3-5,7,13H,6,12H2,1-2H3. The Hall–Kier alpha value is -1.55. The van der Waals surface area contributed by atoms with E-state index in [4.69, 9.17) is 5.84 Å². The second kappa shape index (κ2) is 3.55. The first-order valence-electron chi connectivity index (χ1n) is 5.05. The predicted molar refractivity (Wildman–Crippen MR) is 60.6 cm³/mol. The van der Waals surface area contributed by atoms with Gasteiger partial charge in [-0.05, 0) is 26.0 Å². The molecular formula is C11H15N3O. The highest BCUT2D eigenvalue weighted by Gasteiger charge is 2.30. The molecule has 80 valence electrons. The Morgan fingerprint density at radius 2 is 2.20 bits per heavy atom. The van der Waals surface area contributed by atoms with E-state index in [0.29, 0.717) is 6.42 Å². The highest BCUT2D eigenvalue weighted by Crippen LogP contribution is 2.34. The third-order valence-corrected chi connectivity index (χ3v) is 2.68. The van der Waals surface area contributed by atoms with Crippen LogP contribution in [0.2, 0.25) is 0 Å². The van der Waals surface area contributed by atoms with Crippen molar-refractivity contribution in [1.82, 2.24) is 0 Å². The summed E-state index contributed by atoms with van der Waals surface area (Å²) >= 11 is 0. The van der Waals surface area contributed by atoms with E-state index in [1.54, 1.807) is 0 Å². The molecule has 0 atom stereocenters. The lowest BCUT2D eigenvalue weighted by atomic mass is 10.1. The number of carbonyl (C=O) groups excluding carboxylic acids is 1. The summed E-state index contributed by atoms with van der Waals surface area (Å²) in [6.45, 7) is 4.02. The molecule has 0 radical (unpaired) electrons. The SMILES string of the molecule is CC(C)N1C(=O)Cc2c(NN)cccc21. The number of fused-ring (bicyclic) bond motifs is 1. The lowest BCUT2D eigenvalue weighted by Gasteiger charge is -2.22. The van der Waals surface area contributed by atoms with Gasteiger partial charge in [0.15, 0.2) is 0 Å². The number of nitrogen functional groups attached to an aromatic ring is 1. The Morgan fingerprint density at radius 3 is 2.80 bits per heavy atom. The van der Waals surface area contributed by atoms with Crippen LogP contribution in [-0.2, 0) is 11.2 Å². The maximum absolute atomic E-state index is 11.8. The van der Waals surface area contributed by atoms with Crippen LogP contribution in [0, 0.1) is 0 Å². The van der Waals surface area contributed by atoms with E-state index in [1.807, 2.05) is 36.9 Å². The summed E-state index contributed by atoms with van der Waals surface area (Å²) in [6, 6.07) is 5.94. The van der Waals surface area contributed by atoms with E-state index in [9.17, 15) is 4.79 Å². The number of nitrogens with two attached hydrogens (primary N) is 1. The summed E-state index contributed by atoms with van der Waals surface area (Å²) in [5.74, 6) is 5.55. The molecule has 0 aliphatic carbocycles. The van der Waals surface area contributed by atoms with E-state index in [0.717, 1.165) is 16.9 Å². The van der Waals surface area contributed by atoms with Crippen LogP contribution in [0.5, 0.6) is 0 Å². The summed E-state index contributed by atoms with van der Waals surface area (Å²) in [5.41, 5.74) is 5.44. The van der Waals surface area contributed by atoms with Crippen molar-refractivity contribution in [2.24, 2.45) is 5.84 Å². The minimum absolute atomic E-state index is 0.141. The van der Waals surface area contributed by atoms with Crippen LogP contribution >= 0.6 is 0 Å². The van der Waals surface area contributed by atoms with Gasteiger partial charge in [-0.25, -0.2) is 0 Å². The van der Waals surface area contributed by atoms with Gasteiger partial charge in [-0.2, -0.15) is 0 Å². The van der Waals surface area contributed by atoms with E-state index in [1.165, 1.54) is 0 Å². The molecule has 0 bridgehead atoms. The average Bonchev–Trinajstić information content (AvgIpc) is 2.53. The third-order valence-electron chi connectivity index (χ3n) is 2.68. The van der Waals surface area contributed by atoms with Gasteiger partial charge in [0.25, 0.3) is 0 Å². The number of rotatable bonds is 2. The first-order chi connectivity index (χ1) is 7.15. The van der Waals surface area contributed by atoms with Gasteiger partial charge in [0.05, 0.1) is 12.1 Å². The second-order valence-electron chi connectivity index (χ2n) is 3.98. The molecule has 0 spiro atoms. The Labute approximate surface area is 89.0 Å². The van der Waals surface area contributed by atoms with Crippen molar-refractivity contribution < 1.29 is 4.79 Å². The van der Waals surface area contributed by atoms with Crippen molar-refractivity contribution in [3.05, 3.63) is 23.8 Å². The van der Waals surface area contributed by atoms with E-state index in [-0.39, 0.29) is 11.9 Å². The summed E-state index contributed by atoms with van der Waals surface area (Å²) in [5, 5.41) is 0. The van der Waals surface area contributed by atoms with Crippen molar-refractivity contribution in [3.63, 3.8) is 0 Å². The maximum atomic E-state index is 11.8. The molecule has 1 heterocycles. The van der Waals surface area contributed by atoms with Gasteiger partial charge >= 0.3 is 0 Å². The zero-order valence-electron chi connectivity index (χ0n) is 8.95. The molecular weight excluding hydrogens is 190 g/mol. The van der Waals surface area contributed by atoms with Crippen molar-refractivity contribution >= 4 is 17.3 Å². The minimum atomic E-state index is 0.141. The van der Waals surface area contributed by atoms with Crippen LogP contribution in [-0.4, -0.2) is 11.9 Å².